The first-order valence-corrected chi connectivity index (χ1v) is 10.6. The molecule has 2 heterocycles. The molecule has 6 heteroatoms. The molecule has 0 unspecified atom stereocenters. The first-order chi connectivity index (χ1) is 14.0. The molecule has 2 aromatic carbocycles. The van der Waals surface area contributed by atoms with Crippen LogP contribution < -0.4 is 0 Å². The first kappa shape index (κ1) is 19.5. The van der Waals surface area contributed by atoms with Gasteiger partial charge >= 0.3 is 0 Å². The van der Waals surface area contributed by atoms with E-state index in [1.807, 2.05) is 42.5 Å². The zero-order valence-electron chi connectivity index (χ0n) is 16.3. The Morgan fingerprint density at radius 3 is 2.52 bits per heavy atom. The summed E-state index contributed by atoms with van der Waals surface area (Å²) in [6.07, 6.45) is 3.45. The van der Waals surface area contributed by atoms with Crippen LogP contribution in [0.15, 0.2) is 53.4 Å². The molecule has 2 aliphatic rings. The molecule has 1 saturated heterocycles. The molecule has 3 amide bonds. The van der Waals surface area contributed by atoms with E-state index in [2.05, 4.69) is 13.0 Å². The summed E-state index contributed by atoms with van der Waals surface area (Å²) < 4.78 is 0. The molecule has 0 N–H and O–H groups in total. The molecule has 4 rings (SSSR count). The average molecular weight is 407 g/mol. The monoisotopic (exact) mass is 406 g/mol. The summed E-state index contributed by atoms with van der Waals surface area (Å²) in [6, 6.07) is 15.9. The van der Waals surface area contributed by atoms with Crippen LogP contribution in [0.25, 0.3) is 6.08 Å². The van der Waals surface area contributed by atoms with E-state index >= 15 is 0 Å². The lowest BCUT2D eigenvalue weighted by Gasteiger charge is -2.29. The van der Waals surface area contributed by atoms with Crippen molar-refractivity contribution in [1.82, 2.24) is 9.80 Å². The van der Waals surface area contributed by atoms with E-state index in [1.54, 1.807) is 11.0 Å². The van der Waals surface area contributed by atoms with Crippen LogP contribution in [-0.2, 0) is 29.0 Å². The number of hydrogen-bond acceptors (Lipinski definition) is 4. The number of aryl methyl sites for hydroxylation is 1. The fraction of sp³-hybridized carbons (Fsp3) is 0.261. The lowest BCUT2D eigenvalue weighted by atomic mass is 10.00. The van der Waals surface area contributed by atoms with Gasteiger partial charge in [-0.2, -0.15) is 0 Å². The molecule has 148 valence electrons. The minimum atomic E-state index is -0.398. The van der Waals surface area contributed by atoms with Crippen LogP contribution in [-0.4, -0.2) is 39.9 Å². The number of hydrogen-bond donors (Lipinski definition) is 0. The Bertz CT molecular complexity index is 997. The molecule has 0 saturated carbocycles. The summed E-state index contributed by atoms with van der Waals surface area (Å²) in [6.45, 7) is 2.99. The molecule has 1 fully saturated rings. The maximum Gasteiger partial charge on any atom is 0.294 e. The predicted molar refractivity (Wildman–Crippen MR) is 114 cm³/mol. The molecule has 0 spiro atoms. The van der Waals surface area contributed by atoms with Crippen molar-refractivity contribution < 1.29 is 14.4 Å². The minimum Gasteiger partial charge on any atom is -0.336 e. The summed E-state index contributed by atoms with van der Waals surface area (Å²) in [7, 11) is 0. The van der Waals surface area contributed by atoms with Crippen LogP contribution >= 0.6 is 11.8 Å². The quantitative estimate of drug-likeness (QED) is 0.724. The average Bonchev–Trinajstić information content (AvgIpc) is 3.01. The molecule has 0 aliphatic carbocycles. The lowest BCUT2D eigenvalue weighted by molar-refractivity contribution is -0.136. The Hall–Kier alpha value is -2.86. The van der Waals surface area contributed by atoms with E-state index in [-0.39, 0.29) is 12.5 Å². The van der Waals surface area contributed by atoms with Crippen LogP contribution in [0.2, 0.25) is 0 Å². The summed E-state index contributed by atoms with van der Waals surface area (Å²) in [5, 5.41) is -0.391. The lowest BCUT2D eigenvalue weighted by Crippen LogP contribution is -2.44. The van der Waals surface area contributed by atoms with Crippen molar-refractivity contribution in [2.45, 2.75) is 26.3 Å². The van der Waals surface area contributed by atoms with Gasteiger partial charge in [-0.15, -0.1) is 0 Å². The third-order valence-electron chi connectivity index (χ3n) is 5.34. The van der Waals surface area contributed by atoms with E-state index in [1.165, 1.54) is 11.1 Å². The highest BCUT2D eigenvalue weighted by molar-refractivity contribution is 8.18. The highest BCUT2D eigenvalue weighted by Crippen LogP contribution is 2.32. The Balaban J connectivity index is 1.44. The number of benzene rings is 2. The molecule has 0 aromatic heterocycles. The molecule has 0 bridgehead atoms. The summed E-state index contributed by atoms with van der Waals surface area (Å²) >= 11 is 0.892. The van der Waals surface area contributed by atoms with E-state index in [0.717, 1.165) is 40.6 Å². The molecule has 0 atom stereocenters. The normalized spacial score (nSPS) is 17.8. The number of carbonyl (C=O) groups is 3. The summed E-state index contributed by atoms with van der Waals surface area (Å²) in [5.41, 5.74) is 4.45. The minimum absolute atomic E-state index is 0.199. The van der Waals surface area contributed by atoms with Crippen LogP contribution in [0.4, 0.5) is 4.79 Å². The van der Waals surface area contributed by atoms with Gasteiger partial charge < -0.3 is 4.90 Å². The van der Waals surface area contributed by atoms with Crippen LogP contribution in [0.1, 0.15) is 29.2 Å². The van der Waals surface area contributed by atoms with Crippen LogP contribution in [0, 0.1) is 0 Å². The SMILES string of the molecule is CCc1ccc(/C=C2\SC(=O)N(CC(=O)N3CCc4ccccc4C3)C2=O)cc1. The summed E-state index contributed by atoms with van der Waals surface area (Å²) in [5.74, 6) is -0.597. The van der Waals surface area contributed by atoms with Gasteiger partial charge in [-0.1, -0.05) is 55.5 Å². The van der Waals surface area contributed by atoms with Gasteiger partial charge in [0.25, 0.3) is 11.1 Å². The third-order valence-corrected chi connectivity index (χ3v) is 6.24. The third kappa shape index (κ3) is 4.12. The van der Waals surface area contributed by atoms with E-state index in [4.69, 9.17) is 0 Å². The van der Waals surface area contributed by atoms with Crippen LogP contribution in [0.3, 0.4) is 0 Å². The maximum atomic E-state index is 12.7. The second kappa shape index (κ2) is 8.25. The number of amides is 3. The topological polar surface area (TPSA) is 57.7 Å². The number of imide groups is 1. The molecule has 0 radical (unpaired) electrons. The van der Waals surface area contributed by atoms with Gasteiger partial charge in [-0.25, -0.2) is 0 Å². The molecule has 29 heavy (non-hydrogen) atoms. The zero-order valence-corrected chi connectivity index (χ0v) is 17.1. The van der Waals surface area contributed by atoms with Crippen molar-refractivity contribution in [1.29, 1.82) is 0 Å². The van der Waals surface area contributed by atoms with E-state index in [0.29, 0.717) is 18.0 Å². The van der Waals surface area contributed by atoms with Gasteiger partial charge in [0.15, 0.2) is 0 Å². The van der Waals surface area contributed by atoms with Crippen molar-refractivity contribution in [3.63, 3.8) is 0 Å². The fourth-order valence-corrected chi connectivity index (χ4v) is 4.42. The van der Waals surface area contributed by atoms with Gasteiger partial charge in [0.1, 0.15) is 6.54 Å². The van der Waals surface area contributed by atoms with Gasteiger partial charge in [-0.3, -0.25) is 19.3 Å². The number of nitrogens with zero attached hydrogens (tertiary/aromatic N) is 2. The summed E-state index contributed by atoms with van der Waals surface area (Å²) in [4.78, 5) is 40.9. The van der Waals surface area contributed by atoms with Crippen molar-refractivity contribution in [2.24, 2.45) is 0 Å². The standard InChI is InChI=1S/C23H22N2O3S/c1-2-16-7-9-17(10-8-16)13-20-22(27)25(23(28)29-20)15-21(26)24-12-11-18-5-3-4-6-19(18)14-24/h3-10,13H,2,11-12,14-15H2,1H3/b20-13-. The smallest absolute Gasteiger partial charge is 0.294 e. The van der Waals surface area contributed by atoms with Gasteiger partial charge in [0, 0.05) is 13.1 Å². The van der Waals surface area contributed by atoms with E-state index < -0.39 is 11.1 Å². The largest absolute Gasteiger partial charge is 0.336 e. The van der Waals surface area contributed by atoms with Crippen molar-refractivity contribution >= 4 is 34.9 Å². The number of fused-ring (bicyclic) bond motifs is 1. The highest BCUT2D eigenvalue weighted by atomic mass is 32.2. The van der Waals surface area contributed by atoms with E-state index in [9.17, 15) is 14.4 Å². The Kier molecular flexibility index (Phi) is 5.53. The molecule has 5 nitrogen and oxygen atoms in total. The second-order valence-electron chi connectivity index (χ2n) is 7.20. The number of rotatable bonds is 4. The predicted octanol–water partition coefficient (Wildman–Crippen LogP) is 3.87. The molecule has 2 aromatic rings. The van der Waals surface area contributed by atoms with Gasteiger partial charge in [0.2, 0.25) is 5.91 Å². The van der Waals surface area contributed by atoms with Gasteiger partial charge in [-0.05, 0) is 52.9 Å². The van der Waals surface area contributed by atoms with Crippen molar-refractivity contribution in [2.75, 3.05) is 13.1 Å². The molecular formula is C23H22N2O3S. The highest BCUT2D eigenvalue weighted by Gasteiger charge is 2.37. The zero-order chi connectivity index (χ0) is 20.4. The Labute approximate surface area is 174 Å². The fourth-order valence-electron chi connectivity index (χ4n) is 3.58. The second-order valence-corrected chi connectivity index (χ2v) is 8.19. The Morgan fingerprint density at radius 1 is 1.07 bits per heavy atom. The van der Waals surface area contributed by atoms with Crippen LogP contribution in [0.5, 0.6) is 0 Å². The molecular weight excluding hydrogens is 384 g/mol. The maximum absolute atomic E-state index is 12.7. The number of thioether (sulfide) groups is 1. The van der Waals surface area contributed by atoms with Crippen molar-refractivity contribution in [3.8, 4) is 0 Å². The number of carbonyl (C=O) groups excluding carboxylic acids is 3. The first-order valence-electron chi connectivity index (χ1n) is 9.74. The van der Waals surface area contributed by atoms with Gasteiger partial charge in [0.05, 0.1) is 4.91 Å². The Morgan fingerprint density at radius 2 is 1.79 bits per heavy atom. The molecule has 2 aliphatic heterocycles. The van der Waals surface area contributed by atoms with Crippen molar-refractivity contribution in [3.05, 3.63) is 75.7 Å².